The second-order valence-electron chi connectivity index (χ2n) is 9.41. The van der Waals surface area contributed by atoms with Crippen LogP contribution in [0.5, 0.6) is 0 Å². The number of rotatable bonds is 8. The monoisotopic (exact) mass is 561 g/mol. The molecule has 2 rings (SSSR count). The lowest BCUT2D eigenvalue weighted by Gasteiger charge is -2.33. The third kappa shape index (κ3) is 8.27. The Labute approximate surface area is 222 Å². The summed E-state index contributed by atoms with van der Waals surface area (Å²) in [5.74, 6) is -0.953. The van der Waals surface area contributed by atoms with Crippen molar-refractivity contribution in [2.75, 3.05) is 17.1 Å². The third-order valence-electron chi connectivity index (χ3n) is 5.08. The molecule has 2 aromatic carbocycles. The summed E-state index contributed by atoms with van der Waals surface area (Å²) in [5.41, 5.74) is 1.33. The van der Waals surface area contributed by atoms with Crippen molar-refractivity contribution in [1.82, 2.24) is 10.2 Å². The number of aryl methyl sites for hydroxylation is 1. The first-order valence-electron chi connectivity index (χ1n) is 10.8. The molecule has 0 radical (unpaired) electrons. The number of hydrogen-bond acceptors (Lipinski definition) is 4. The Hall–Kier alpha value is -2.00. The molecule has 0 unspecified atom stereocenters. The number of carbonyl (C=O) groups is 2. The standard InChI is InChI=1S/C24H30Cl3N3O4S/c1-15-7-9-17(10-8-15)13-29(16(2)23(32)28-24(3,4)5)22(31)14-30(35(6,33)34)21-12-19(26)18(25)11-20(21)27/h7-12,16H,13-14H2,1-6H3,(H,28,32)/t16-/m0/s1. The fourth-order valence-electron chi connectivity index (χ4n) is 3.24. The summed E-state index contributed by atoms with van der Waals surface area (Å²) >= 11 is 18.3. The van der Waals surface area contributed by atoms with Crippen LogP contribution in [-0.4, -0.2) is 49.5 Å². The van der Waals surface area contributed by atoms with Gasteiger partial charge < -0.3 is 10.2 Å². The number of nitrogens with one attached hydrogen (secondary N) is 1. The van der Waals surface area contributed by atoms with E-state index in [1.807, 2.05) is 52.0 Å². The molecule has 0 aliphatic rings. The molecule has 0 aliphatic heterocycles. The average molecular weight is 563 g/mol. The highest BCUT2D eigenvalue weighted by Gasteiger charge is 2.32. The third-order valence-corrected chi connectivity index (χ3v) is 7.23. The number of sulfonamides is 1. The van der Waals surface area contributed by atoms with Gasteiger partial charge in [-0.1, -0.05) is 64.6 Å². The van der Waals surface area contributed by atoms with Crippen molar-refractivity contribution >= 4 is 62.3 Å². The molecule has 0 saturated heterocycles. The van der Waals surface area contributed by atoms with E-state index >= 15 is 0 Å². The quantitative estimate of drug-likeness (QED) is 0.456. The second kappa shape index (κ2) is 11.4. The van der Waals surface area contributed by atoms with Gasteiger partial charge in [0.1, 0.15) is 12.6 Å². The van der Waals surface area contributed by atoms with Gasteiger partial charge in [-0.3, -0.25) is 13.9 Å². The largest absolute Gasteiger partial charge is 0.350 e. The molecule has 7 nitrogen and oxygen atoms in total. The summed E-state index contributed by atoms with van der Waals surface area (Å²) in [4.78, 5) is 27.8. The van der Waals surface area contributed by atoms with Crippen LogP contribution in [0, 0.1) is 6.92 Å². The van der Waals surface area contributed by atoms with E-state index in [4.69, 9.17) is 34.8 Å². The summed E-state index contributed by atoms with van der Waals surface area (Å²) < 4.78 is 26.2. The molecule has 0 bridgehead atoms. The van der Waals surface area contributed by atoms with Crippen LogP contribution in [0.1, 0.15) is 38.8 Å². The first kappa shape index (κ1) is 29.2. The van der Waals surface area contributed by atoms with E-state index in [0.29, 0.717) is 0 Å². The summed E-state index contributed by atoms with van der Waals surface area (Å²) in [6.45, 7) is 8.56. The van der Waals surface area contributed by atoms with Crippen molar-refractivity contribution in [3.8, 4) is 0 Å². The Bertz CT molecular complexity index is 1200. The van der Waals surface area contributed by atoms with E-state index in [9.17, 15) is 18.0 Å². The molecule has 0 aromatic heterocycles. The van der Waals surface area contributed by atoms with Crippen LogP contribution in [0.4, 0.5) is 5.69 Å². The number of amides is 2. The molecule has 0 spiro atoms. The fraction of sp³-hybridized carbons (Fsp3) is 0.417. The Balaban J connectivity index is 2.47. The van der Waals surface area contributed by atoms with E-state index in [1.54, 1.807) is 6.92 Å². The van der Waals surface area contributed by atoms with Crippen molar-refractivity contribution in [2.24, 2.45) is 0 Å². The number of benzene rings is 2. The first-order chi connectivity index (χ1) is 16.0. The summed E-state index contributed by atoms with van der Waals surface area (Å²) in [5, 5.41) is 3.12. The second-order valence-corrected chi connectivity index (χ2v) is 12.5. The lowest BCUT2D eigenvalue weighted by molar-refractivity contribution is -0.140. The van der Waals surface area contributed by atoms with Crippen LogP contribution in [0.25, 0.3) is 0 Å². The Kier molecular flexibility index (Phi) is 9.50. The minimum absolute atomic E-state index is 0.0130. The van der Waals surface area contributed by atoms with Gasteiger partial charge >= 0.3 is 0 Å². The lowest BCUT2D eigenvalue weighted by Crippen LogP contribution is -2.54. The van der Waals surface area contributed by atoms with Crippen molar-refractivity contribution < 1.29 is 18.0 Å². The lowest BCUT2D eigenvalue weighted by atomic mass is 10.1. The molecule has 2 amide bonds. The molecule has 1 N–H and O–H groups in total. The SMILES string of the molecule is Cc1ccc(CN(C(=O)CN(c2cc(Cl)c(Cl)cc2Cl)S(C)(=O)=O)[C@@H](C)C(=O)NC(C)(C)C)cc1. The number of halogens is 3. The average Bonchev–Trinajstić information content (AvgIpc) is 2.71. The van der Waals surface area contributed by atoms with Crippen molar-refractivity contribution in [3.05, 3.63) is 62.6 Å². The van der Waals surface area contributed by atoms with Gasteiger partial charge in [0.25, 0.3) is 0 Å². The van der Waals surface area contributed by atoms with E-state index in [2.05, 4.69) is 5.32 Å². The van der Waals surface area contributed by atoms with Gasteiger partial charge in [0, 0.05) is 12.1 Å². The van der Waals surface area contributed by atoms with Crippen molar-refractivity contribution in [2.45, 2.75) is 52.7 Å². The summed E-state index contributed by atoms with van der Waals surface area (Å²) in [6, 6.07) is 9.23. The van der Waals surface area contributed by atoms with Crippen molar-refractivity contribution in [3.63, 3.8) is 0 Å². The number of anilines is 1. The zero-order valence-electron chi connectivity index (χ0n) is 20.5. The molecule has 2 aromatic rings. The van der Waals surface area contributed by atoms with Crippen LogP contribution in [0.2, 0.25) is 15.1 Å². The van der Waals surface area contributed by atoms with Crippen molar-refractivity contribution in [1.29, 1.82) is 0 Å². The maximum atomic E-state index is 13.6. The van der Waals surface area contributed by atoms with E-state index < -0.39 is 34.1 Å². The first-order valence-corrected chi connectivity index (χ1v) is 13.8. The van der Waals surface area contributed by atoms with Gasteiger partial charge in [-0.2, -0.15) is 0 Å². The van der Waals surface area contributed by atoms with Crippen LogP contribution in [-0.2, 0) is 26.2 Å². The molecular weight excluding hydrogens is 533 g/mol. The predicted octanol–water partition coefficient (Wildman–Crippen LogP) is 5.05. The number of carbonyl (C=O) groups excluding carboxylic acids is 2. The molecule has 0 saturated carbocycles. The highest BCUT2D eigenvalue weighted by atomic mass is 35.5. The van der Waals surface area contributed by atoms with Gasteiger partial charge in [-0.25, -0.2) is 8.42 Å². The molecule has 11 heteroatoms. The Morgan fingerprint density at radius 1 is 1.00 bits per heavy atom. The number of hydrogen-bond donors (Lipinski definition) is 1. The maximum Gasteiger partial charge on any atom is 0.244 e. The van der Waals surface area contributed by atoms with Gasteiger partial charge in [0.2, 0.25) is 21.8 Å². The van der Waals surface area contributed by atoms with Crippen LogP contribution < -0.4 is 9.62 Å². The fourth-order valence-corrected chi connectivity index (χ4v) is 4.79. The number of nitrogens with zero attached hydrogens (tertiary/aromatic N) is 2. The van der Waals surface area contributed by atoms with Crippen LogP contribution >= 0.6 is 34.8 Å². The molecule has 0 aliphatic carbocycles. The summed E-state index contributed by atoms with van der Waals surface area (Å²) in [7, 11) is -3.95. The van der Waals surface area contributed by atoms with Gasteiger partial charge in [0.15, 0.2) is 0 Å². The zero-order valence-corrected chi connectivity index (χ0v) is 23.6. The molecular formula is C24H30Cl3N3O4S. The highest BCUT2D eigenvalue weighted by Crippen LogP contribution is 2.35. The van der Waals surface area contributed by atoms with Crippen LogP contribution in [0.3, 0.4) is 0 Å². The van der Waals surface area contributed by atoms with Crippen LogP contribution in [0.15, 0.2) is 36.4 Å². The molecule has 0 heterocycles. The smallest absolute Gasteiger partial charge is 0.244 e. The molecule has 35 heavy (non-hydrogen) atoms. The molecule has 0 fully saturated rings. The van der Waals surface area contributed by atoms with Gasteiger partial charge in [0.05, 0.1) is 27.0 Å². The summed E-state index contributed by atoms with van der Waals surface area (Å²) in [6.07, 6.45) is 0.958. The minimum Gasteiger partial charge on any atom is -0.350 e. The van der Waals surface area contributed by atoms with E-state index in [0.717, 1.165) is 21.7 Å². The van der Waals surface area contributed by atoms with E-state index in [1.165, 1.54) is 17.0 Å². The Morgan fingerprint density at radius 3 is 2.06 bits per heavy atom. The van der Waals surface area contributed by atoms with Gasteiger partial charge in [-0.05, 0) is 52.3 Å². The zero-order chi connectivity index (χ0) is 26.7. The maximum absolute atomic E-state index is 13.6. The predicted molar refractivity (Wildman–Crippen MR) is 143 cm³/mol. The normalized spacial score (nSPS) is 12.7. The topological polar surface area (TPSA) is 86.8 Å². The molecule has 1 atom stereocenters. The minimum atomic E-state index is -3.95. The van der Waals surface area contributed by atoms with E-state index in [-0.39, 0.29) is 33.2 Å². The molecule has 192 valence electrons. The van der Waals surface area contributed by atoms with Gasteiger partial charge in [-0.15, -0.1) is 0 Å². The Morgan fingerprint density at radius 2 is 1.54 bits per heavy atom. The highest BCUT2D eigenvalue weighted by molar-refractivity contribution is 7.92.